The highest BCUT2D eigenvalue weighted by atomic mass is 14.4. The fourth-order valence-electron chi connectivity index (χ4n) is 8.52. The molecule has 2 atom stereocenters. The van der Waals surface area contributed by atoms with E-state index in [0.717, 1.165) is 0 Å². The van der Waals surface area contributed by atoms with Gasteiger partial charge in [0.1, 0.15) is 0 Å². The summed E-state index contributed by atoms with van der Waals surface area (Å²) in [4.78, 5) is 0. The van der Waals surface area contributed by atoms with Crippen LogP contribution in [0.15, 0.2) is 175 Å². The van der Waals surface area contributed by atoms with Crippen molar-refractivity contribution in [1.82, 2.24) is 0 Å². The lowest BCUT2D eigenvalue weighted by atomic mass is 9.73. The Morgan fingerprint density at radius 3 is 1.78 bits per heavy atom. The number of rotatable bonds is 3. The molecule has 0 aliphatic heterocycles. The third-order valence-electron chi connectivity index (χ3n) is 10.5. The Kier molecular flexibility index (Phi) is 5.50. The zero-order valence-corrected chi connectivity index (χ0v) is 25.3. The normalized spacial score (nSPS) is 17.9. The first-order chi connectivity index (χ1) is 22.8. The molecule has 0 aromatic heterocycles. The van der Waals surface area contributed by atoms with Gasteiger partial charge in [-0.3, -0.25) is 0 Å². The van der Waals surface area contributed by atoms with Crippen molar-refractivity contribution in [2.75, 3.05) is 0 Å². The quantitative estimate of drug-likeness (QED) is 0.182. The molecule has 214 valence electrons. The van der Waals surface area contributed by atoms with E-state index in [1.165, 1.54) is 88.0 Å². The molecule has 0 amide bonds. The Hall–Kier alpha value is -5.72. The number of benzene rings is 7. The Balaban J connectivity index is 1.18. The maximum Gasteiger partial charge on any atom is 0.0205 e. The average molecular weight is 583 g/mol. The molecule has 46 heavy (non-hydrogen) atoms. The van der Waals surface area contributed by atoms with Crippen LogP contribution in [0, 0.1) is 5.92 Å². The van der Waals surface area contributed by atoms with E-state index < -0.39 is 0 Å². The first-order valence-electron chi connectivity index (χ1n) is 16.3. The van der Waals surface area contributed by atoms with Crippen LogP contribution < -0.4 is 0 Å². The zero-order valence-electron chi connectivity index (χ0n) is 25.3. The standard InChI is InChI=1S/C46H30/c1-2-13-32-29(11-1)12-9-20-33(32)30-23-25-31(26-24-30)44-37-16-5-7-18-39(37)46(40-19-8-6-17-38(40)44)43-28-27-42-35-15-4-3-14-34(35)36-21-10-22-41(43)45(36)42/h1-28,42,45H. The van der Waals surface area contributed by atoms with E-state index in [1.807, 2.05) is 0 Å². The van der Waals surface area contributed by atoms with Crippen LogP contribution in [0.5, 0.6) is 0 Å². The molecule has 0 radical (unpaired) electrons. The SMILES string of the molecule is C1=CC2=C(c3c4ccccc4c(-c4ccc(-c5cccc6ccccc56)cc4)c4ccccc34)C=CC3c4ccccc4C(=C1)C23. The minimum atomic E-state index is 0.362. The van der Waals surface area contributed by atoms with Gasteiger partial charge in [-0.15, -0.1) is 0 Å². The number of fused-ring (bicyclic) bond motifs is 6. The van der Waals surface area contributed by atoms with E-state index in [-0.39, 0.29) is 0 Å². The molecular formula is C46H30. The fraction of sp³-hybridized carbons (Fsp3) is 0.0435. The maximum absolute atomic E-state index is 2.46. The Bertz CT molecular complexity index is 2450. The molecule has 0 fully saturated rings. The van der Waals surface area contributed by atoms with Gasteiger partial charge in [0, 0.05) is 11.8 Å². The molecule has 0 heteroatoms. The molecule has 3 aliphatic rings. The van der Waals surface area contributed by atoms with Crippen LogP contribution in [0.25, 0.3) is 65.7 Å². The van der Waals surface area contributed by atoms with E-state index in [2.05, 4.69) is 170 Å². The van der Waals surface area contributed by atoms with Crippen molar-refractivity contribution < 1.29 is 0 Å². The van der Waals surface area contributed by atoms with Gasteiger partial charge in [-0.1, -0.05) is 170 Å². The predicted molar refractivity (Wildman–Crippen MR) is 196 cm³/mol. The highest BCUT2D eigenvalue weighted by Gasteiger charge is 2.40. The van der Waals surface area contributed by atoms with Gasteiger partial charge in [0.25, 0.3) is 0 Å². The van der Waals surface area contributed by atoms with Crippen LogP contribution in [0.4, 0.5) is 0 Å². The third-order valence-corrected chi connectivity index (χ3v) is 10.5. The predicted octanol–water partition coefficient (Wildman–Crippen LogP) is 12.2. The first-order valence-corrected chi connectivity index (χ1v) is 16.3. The van der Waals surface area contributed by atoms with Gasteiger partial charge in [0.2, 0.25) is 0 Å². The van der Waals surface area contributed by atoms with Crippen molar-refractivity contribution in [3.63, 3.8) is 0 Å². The summed E-state index contributed by atoms with van der Waals surface area (Å²) in [6.07, 6.45) is 11.8. The van der Waals surface area contributed by atoms with Crippen molar-refractivity contribution in [2.24, 2.45) is 5.92 Å². The second kappa shape index (κ2) is 9.89. The molecule has 0 bridgehead atoms. The van der Waals surface area contributed by atoms with Crippen molar-refractivity contribution in [2.45, 2.75) is 5.92 Å². The Labute approximate surface area is 269 Å². The smallest absolute Gasteiger partial charge is 0.0205 e. The summed E-state index contributed by atoms with van der Waals surface area (Å²) in [5.74, 6) is 0.754. The van der Waals surface area contributed by atoms with Crippen molar-refractivity contribution in [1.29, 1.82) is 0 Å². The van der Waals surface area contributed by atoms with E-state index >= 15 is 0 Å². The maximum atomic E-state index is 2.46. The lowest BCUT2D eigenvalue weighted by molar-refractivity contribution is 0.725. The largest absolute Gasteiger partial charge is 0.0754 e. The van der Waals surface area contributed by atoms with Crippen LogP contribution in [0.1, 0.15) is 22.6 Å². The van der Waals surface area contributed by atoms with Gasteiger partial charge in [0.15, 0.2) is 0 Å². The monoisotopic (exact) mass is 582 g/mol. The Morgan fingerprint density at radius 2 is 1.02 bits per heavy atom. The van der Waals surface area contributed by atoms with Crippen molar-refractivity contribution in [3.8, 4) is 22.3 Å². The molecule has 0 heterocycles. The van der Waals surface area contributed by atoms with Crippen molar-refractivity contribution >= 4 is 43.5 Å². The average Bonchev–Trinajstić information content (AvgIpc) is 3.46. The molecule has 0 saturated carbocycles. The molecule has 2 unspecified atom stereocenters. The summed E-state index contributed by atoms with van der Waals surface area (Å²) in [6.45, 7) is 0. The van der Waals surface area contributed by atoms with Crippen LogP contribution in [0.3, 0.4) is 0 Å². The molecule has 0 N–H and O–H groups in total. The molecule has 0 nitrogen and oxygen atoms in total. The number of hydrogen-bond acceptors (Lipinski definition) is 0. The molecule has 7 aromatic rings. The molecule has 10 rings (SSSR count). The van der Waals surface area contributed by atoms with Crippen LogP contribution in [0.2, 0.25) is 0 Å². The molecule has 0 saturated heterocycles. The summed E-state index contributed by atoms with van der Waals surface area (Å²) >= 11 is 0. The summed E-state index contributed by atoms with van der Waals surface area (Å²) in [5, 5.41) is 7.76. The molecular weight excluding hydrogens is 553 g/mol. The van der Waals surface area contributed by atoms with Gasteiger partial charge in [-0.05, 0) is 88.0 Å². The summed E-state index contributed by atoms with van der Waals surface area (Å²) in [7, 11) is 0. The van der Waals surface area contributed by atoms with E-state index in [0.29, 0.717) is 11.8 Å². The highest BCUT2D eigenvalue weighted by Crippen LogP contribution is 2.56. The number of allylic oxidation sites excluding steroid dienone is 8. The van der Waals surface area contributed by atoms with E-state index in [1.54, 1.807) is 0 Å². The Morgan fingerprint density at radius 1 is 0.435 bits per heavy atom. The van der Waals surface area contributed by atoms with Crippen LogP contribution >= 0.6 is 0 Å². The lowest BCUT2D eigenvalue weighted by Gasteiger charge is -2.30. The van der Waals surface area contributed by atoms with Crippen molar-refractivity contribution in [3.05, 3.63) is 192 Å². The first kappa shape index (κ1) is 25.6. The van der Waals surface area contributed by atoms with Gasteiger partial charge >= 0.3 is 0 Å². The second-order valence-electron chi connectivity index (χ2n) is 12.7. The van der Waals surface area contributed by atoms with Gasteiger partial charge in [-0.25, -0.2) is 0 Å². The minimum Gasteiger partial charge on any atom is -0.0754 e. The second-order valence-corrected chi connectivity index (χ2v) is 12.7. The molecule has 0 spiro atoms. The molecule has 7 aromatic carbocycles. The van der Waals surface area contributed by atoms with E-state index in [9.17, 15) is 0 Å². The minimum absolute atomic E-state index is 0.362. The summed E-state index contributed by atoms with van der Waals surface area (Å²) in [5.41, 5.74) is 13.5. The highest BCUT2D eigenvalue weighted by molar-refractivity contribution is 6.20. The lowest BCUT2D eigenvalue weighted by Crippen LogP contribution is -2.14. The zero-order chi connectivity index (χ0) is 30.2. The van der Waals surface area contributed by atoms with Crippen LogP contribution in [-0.4, -0.2) is 0 Å². The van der Waals surface area contributed by atoms with Gasteiger partial charge in [-0.2, -0.15) is 0 Å². The van der Waals surface area contributed by atoms with Gasteiger partial charge in [0.05, 0.1) is 0 Å². The molecule has 3 aliphatic carbocycles. The topological polar surface area (TPSA) is 0 Å². The van der Waals surface area contributed by atoms with Crippen LogP contribution in [-0.2, 0) is 0 Å². The summed E-state index contributed by atoms with van der Waals surface area (Å²) in [6, 6.07) is 51.5. The van der Waals surface area contributed by atoms with E-state index in [4.69, 9.17) is 0 Å². The fourth-order valence-corrected chi connectivity index (χ4v) is 8.52. The van der Waals surface area contributed by atoms with Gasteiger partial charge < -0.3 is 0 Å². The summed E-state index contributed by atoms with van der Waals surface area (Å²) < 4.78 is 0. The number of hydrogen-bond donors (Lipinski definition) is 0. The third kappa shape index (κ3) is 3.62.